The van der Waals surface area contributed by atoms with E-state index in [1.807, 2.05) is 6.07 Å². The van der Waals surface area contributed by atoms with Crippen LogP contribution in [0, 0.1) is 0 Å². The molecule has 0 radical (unpaired) electrons. The summed E-state index contributed by atoms with van der Waals surface area (Å²) in [5.74, 6) is 1.05. The summed E-state index contributed by atoms with van der Waals surface area (Å²) < 4.78 is 11.8. The molecule has 1 aliphatic rings. The monoisotopic (exact) mass is 408 g/mol. The lowest BCUT2D eigenvalue weighted by atomic mass is 10.1. The number of rotatable bonds is 5. The molecule has 3 rings (SSSR count). The van der Waals surface area contributed by atoms with Crippen LogP contribution >= 0.6 is 46.9 Å². The molecule has 0 spiro atoms. The zero-order valence-corrected chi connectivity index (χ0v) is 15.6. The number of carbonyl (C=O) groups is 1. The Kier molecular flexibility index (Phi) is 6.46. The third kappa shape index (κ3) is 4.39. The number of benzene rings is 1. The number of nitrogen functional groups attached to an aromatic ring is 1. The Labute approximate surface area is 159 Å². The van der Waals surface area contributed by atoms with E-state index in [4.69, 9.17) is 38.4 Å². The minimum absolute atomic E-state index is 0. The summed E-state index contributed by atoms with van der Waals surface area (Å²) in [6.07, 6.45) is 1.73. The lowest BCUT2D eigenvalue weighted by Crippen LogP contribution is -2.12. The molecule has 0 aliphatic carbocycles. The van der Waals surface area contributed by atoms with E-state index < -0.39 is 0 Å². The predicted octanol–water partition coefficient (Wildman–Crippen LogP) is 4.75. The first-order valence-electron chi connectivity index (χ1n) is 6.95. The summed E-state index contributed by atoms with van der Waals surface area (Å²) in [5.41, 5.74) is 7.84. The number of nitrogens with one attached hydrogen (secondary N) is 1. The molecule has 0 bridgehead atoms. The molecule has 2 aromatic rings. The van der Waals surface area contributed by atoms with Crippen LogP contribution in [-0.2, 0) is 11.2 Å². The molecule has 1 aromatic heterocycles. The van der Waals surface area contributed by atoms with Gasteiger partial charge >= 0.3 is 0 Å². The van der Waals surface area contributed by atoms with Crippen molar-refractivity contribution in [2.24, 2.45) is 0 Å². The average Bonchev–Trinajstić information content (AvgIpc) is 3.05. The molecule has 9 heteroatoms. The molecule has 0 saturated carbocycles. The zero-order valence-electron chi connectivity index (χ0n) is 12.4. The van der Waals surface area contributed by atoms with Crippen molar-refractivity contribution in [3.63, 3.8) is 0 Å². The fourth-order valence-corrected chi connectivity index (χ4v) is 3.81. The average molecular weight is 410 g/mol. The van der Waals surface area contributed by atoms with Gasteiger partial charge in [-0.1, -0.05) is 23.2 Å². The maximum atomic E-state index is 12.1. The first-order valence-corrected chi connectivity index (χ1v) is 8.53. The standard InChI is InChI=1S/C15H14Cl2N2O3S.ClH/c16-13-4-8(15(17)23-13)2-1-3-14(20)19-10-6-12-11(5-9(10)18)21-7-22-12;/h4-6H,1-3,7,18H2,(H,19,20);1H. The van der Waals surface area contributed by atoms with Gasteiger partial charge in [0.05, 0.1) is 20.0 Å². The highest BCUT2D eigenvalue weighted by Crippen LogP contribution is 2.38. The van der Waals surface area contributed by atoms with Gasteiger partial charge in [0.1, 0.15) is 0 Å². The first-order chi connectivity index (χ1) is 11.0. The van der Waals surface area contributed by atoms with Crippen LogP contribution in [0.1, 0.15) is 18.4 Å². The predicted molar refractivity (Wildman–Crippen MR) is 100 cm³/mol. The van der Waals surface area contributed by atoms with Gasteiger partial charge in [-0.05, 0) is 24.5 Å². The van der Waals surface area contributed by atoms with Crippen molar-refractivity contribution in [3.8, 4) is 11.5 Å². The SMILES string of the molecule is Cl.Nc1cc2c(cc1NC(=O)CCCc1cc(Cl)sc1Cl)OCO2. The number of hydrogen-bond donors (Lipinski definition) is 2. The van der Waals surface area contributed by atoms with Crippen LogP contribution in [0.5, 0.6) is 11.5 Å². The molecule has 24 heavy (non-hydrogen) atoms. The molecule has 1 amide bonds. The van der Waals surface area contributed by atoms with Crippen LogP contribution in [0.2, 0.25) is 8.67 Å². The third-order valence-electron chi connectivity index (χ3n) is 3.40. The van der Waals surface area contributed by atoms with Crippen LogP contribution in [0.4, 0.5) is 11.4 Å². The number of ether oxygens (including phenoxy) is 2. The van der Waals surface area contributed by atoms with E-state index in [1.54, 1.807) is 12.1 Å². The lowest BCUT2D eigenvalue weighted by molar-refractivity contribution is -0.116. The molecule has 5 nitrogen and oxygen atoms in total. The molecular formula is C15H15Cl3N2O3S. The fraction of sp³-hybridized carbons (Fsp3) is 0.267. The van der Waals surface area contributed by atoms with Crippen molar-refractivity contribution in [1.29, 1.82) is 0 Å². The van der Waals surface area contributed by atoms with E-state index in [0.717, 1.165) is 5.56 Å². The molecule has 0 fully saturated rings. The summed E-state index contributed by atoms with van der Waals surface area (Å²) in [5, 5.41) is 2.79. The molecule has 1 aromatic carbocycles. The highest BCUT2D eigenvalue weighted by atomic mass is 35.5. The van der Waals surface area contributed by atoms with Gasteiger partial charge in [0, 0.05) is 18.6 Å². The van der Waals surface area contributed by atoms with Crippen LogP contribution in [-0.4, -0.2) is 12.7 Å². The van der Waals surface area contributed by atoms with Gasteiger partial charge < -0.3 is 20.5 Å². The smallest absolute Gasteiger partial charge is 0.231 e. The second kappa shape index (κ2) is 8.16. The van der Waals surface area contributed by atoms with Gasteiger partial charge in [0.2, 0.25) is 12.7 Å². The van der Waals surface area contributed by atoms with Crippen LogP contribution in [0.25, 0.3) is 0 Å². The molecule has 0 saturated heterocycles. The van der Waals surface area contributed by atoms with Crippen LogP contribution < -0.4 is 20.5 Å². The number of carbonyl (C=O) groups excluding carboxylic acids is 1. The summed E-state index contributed by atoms with van der Waals surface area (Å²) in [7, 11) is 0. The maximum Gasteiger partial charge on any atom is 0.231 e. The third-order valence-corrected chi connectivity index (χ3v) is 4.97. The molecule has 3 N–H and O–H groups in total. The van der Waals surface area contributed by atoms with Gasteiger partial charge in [-0.25, -0.2) is 0 Å². The lowest BCUT2D eigenvalue weighted by Gasteiger charge is -2.09. The summed E-state index contributed by atoms with van der Waals surface area (Å²) in [6, 6.07) is 5.15. The Morgan fingerprint density at radius 2 is 1.96 bits per heavy atom. The van der Waals surface area contributed by atoms with E-state index in [1.165, 1.54) is 11.3 Å². The largest absolute Gasteiger partial charge is 0.454 e. The van der Waals surface area contributed by atoms with Crippen LogP contribution in [0.15, 0.2) is 18.2 Å². The van der Waals surface area contributed by atoms with E-state index in [9.17, 15) is 4.79 Å². The number of anilines is 2. The number of thiophene rings is 1. The Bertz CT molecular complexity index is 752. The fourth-order valence-electron chi connectivity index (χ4n) is 2.26. The van der Waals surface area contributed by atoms with Crippen LogP contribution in [0.3, 0.4) is 0 Å². The molecular weight excluding hydrogens is 395 g/mol. The Morgan fingerprint density at radius 1 is 1.25 bits per heavy atom. The number of nitrogens with two attached hydrogens (primary N) is 1. The minimum atomic E-state index is -0.118. The zero-order chi connectivity index (χ0) is 16.4. The van der Waals surface area contributed by atoms with E-state index in [0.29, 0.717) is 50.8 Å². The van der Waals surface area contributed by atoms with Crippen molar-refractivity contribution in [1.82, 2.24) is 0 Å². The van der Waals surface area contributed by atoms with Crippen molar-refractivity contribution >= 4 is 64.2 Å². The quantitative estimate of drug-likeness (QED) is 0.699. The number of aryl methyl sites for hydroxylation is 1. The number of fused-ring (bicyclic) bond motifs is 1. The molecule has 130 valence electrons. The van der Waals surface area contributed by atoms with Crippen molar-refractivity contribution < 1.29 is 14.3 Å². The van der Waals surface area contributed by atoms with E-state index >= 15 is 0 Å². The number of amides is 1. The molecule has 0 atom stereocenters. The Hall–Kier alpha value is -1.34. The summed E-state index contributed by atoms with van der Waals surface area (Å²) in [6.45, 7) is 0.163. The first kappa shape index (κ1) is 19.0. The van der Waals surface area contributed by atoms with Gasteiger partial charge in [-0.2, -0.15) is 0 Å². The van der Waals surface area contributed by atoms with Gasteiger partial charge in [0.25, 0.3) is 0 Å². The Morgan fingerprint density at radius 3 is 2.62 bits per heavy atom. The maximum absolute atomic E-state index is 12.1. The van der Waals surface area contributed by atoms with Crippen molar-refractivity contribution in [2.75, 3.05) is 17.8 Å². The topological polar surface area (TPSA) is 73.6 Å². The summed E-state index contributed by atoms with van der Waals surface area (Å²) >= 11 is 13.3. The molecule has 2 heterocycles. The minimum Gasteiger partial charge on any atom is -0.454 e. The van der Waals surface area contributed by atoms with E-state index in [-0.39, 0.29) is 25.1 Å². The molecule has 0 unspecified atom stereocenters. The normalized spacial score (nSPS) is 11.9. The number of halogens is 3. The molecule has 1 aliphatic heterocycles. The van der Waals surface area contributed by atoms with Gasteiger partial charge in [-0.15, -0.1) is 23.7 Å². The van der Waals surface area contributed by atoms with Gasteiger partial charge in [-0.3, -0.25) is 4.79 Å². The summed E-state index contributed by atoms with van der Waals surface area (Å²) in [4.78, 5) is 12.1. The van der Waals surface area contributed by atoms with Gasteiger partial charge in [0.15, 0.2) is 11.5 Å². The Balaban J connectivity index is 0.00000208. The van der Waals surface area contributed by atoms with Crippen molar-refractivity contribution in [3.05, 3.63) is 32.4 Å². The van der Waals surface area contributed by atoms with Crippen molar-refractivity contribution in [2.45, 2.75) is 19.3 Å². The highest BCUT2D eigenvalue weighted by molar-refractivity contribution is 7.20. The second-order valence-corrected chi connectivity index (χ2v) is 7.33. The van der Waals surface area contributed by atoms with E-state index in [2.05, 4.69) is 5.32 Å². The second-order valence-electron chi connectivity index (χ2n) is 5.04. The highest BCUT2D eigenvalue weighted by Gasteiger charge is 2.17. The number of hydrogen-bond acceptors (Lipinski definition) is 5.